The average molecular weight is 460 g/mol. The number of aromatic nitrogens is 5. The fraction of sp³-hybridized carbons (Fsp3) is 0.250. The van der Waals surface area contributed by atoms with E-state index >= 15 is 0 Å². The van der Waals surface area contributed by atoms with Gasteiger partial charge in [-0.1, -0.05) is 12.1 Å². The summed E-state index contributed by atoms with van der Waals surface area (Å²) >= 11 is 0. The number of aromatic amines is 1. The zero-order chi connectivity index (χ0) is 23.3. The maximum atomic E-state index is 6.35. The molecule has 1 atom stereocenters. The second-order valence-corrected chi connectivity index (χ2v) is 7.63. The molecule has 10 nitrogen and oxygen atoms in total. The largest absolute Gasteiger partial charge is 0.493 e. The van der Waals surface area contributed by atoms with E-state index in [0.717, 1.165) is 19.4 Å². The molecule has 0 aliphatic carbocycles. The molecule has 3 aromatic heterocycles. The van der Waals surface area contributed by atoms with Gasteiger partial charge in [-0.25, -0.2) is 9.97 Å². The highest BCUT2D eigenvalue weighted by molar-refractivity contribution is 5.67. The van der Waals surface area contributed by atoms with E-state index in [-0.39, 0.29) is 23.6 Å². The fourth-order valence-corrected chi connectivity index (χ4v) is 3.63. The van der Waals surface area contributed by atoms with Crippen molar-refractivity contribution in [2.45, 2.75) is 18.9 Å². The Labute approximate surface area is 196 Å². The third-order valence-corrected chi connectivity index (χ3v) is 5.33. The highest BCUT2D eigenvalue weighted by Crippen LogP contribution is 2.40. The van der Waals surface area contributed by atoms with Crippen LogP contribution < -0.4 is 19.9 Å². The second-order valence-electron chi connectivity index (χ2n) is 7.63. The van der Waals surface area contributed by atoms with E-state index < -0.39 is 0 Å². The Hall–Kier alpha value is -4.18. The Morgan fingerprint density at radius 2 is 2.00 bits per heavy atom. The summed E-state index contributed by atoms with van der Waals surface area (Å²) in [6, 6.07) is 10.9. The first kappa shape index (κ1) is 21.7. The van der Waals surface area contributed by atoms with E-state index in [1.165, 1.54) is 0 Å². The predicted octanol–water partition coefficient (Wildman–Crippen LogP) is 3.87. The highest BCUT2D eigenvalue weighted by Gasteiger charge is 2.22. The average Bonchev–Trinajstić information content (AvgIpc) is 3.59. The maximum absolute atomic E-state index is 6.35. The molecule has 0 spiro atoms. The summed E-state index contributed by atoms with van der Waals surface area (Å²) in [5.41, 5.74) is 7.71. The van der Waals surface area contributed by atoms with Crippen molar-refractivity contribution >= 4 is 5.82 Å². The molecule has 0 radical (unpaired) electrons. The second kappa shape index (κ2) is 9.75. The molecule has 1 aliphatic rings. The number of para-hydroxylation sites is 2. The molecule has 1 aromatic carbocycles. The topological polar surface area (TPSA) is 130 Å². The summed E-state index contributed by atoms with van der Waals surface area (Å²) in [6.45, 7) is 1.05. The first-order valence-corrected chi connectivity index (χ1v) is 10.9. The first-order chi connectivity index (χ1) is 16.7. The van der Waals surface area contributed by atoms with Crippen molar-refractivity contribution in [2.75, 3.05) is 26.1 Å². The lowest BCUT2D eigenvalue weighted by Gasteiger charge is -2.17. The lowest BCUT2D eigenvalue weighted by Crippen LogP contribution is -2.17. The van der Waals surface area contributed by atoms with Gasteiger partial charge in [0.05, 0.1) is 13.2 Å². The van der Waals surface area contributed by atoms with Crippen molar-refractivity contribution < 1.29 is 18.9 Å². The van der Waals surface area contributed by atoms with Gasteiger partial charge in [0, 0.05) is 30.8 Å². The number of pyridine rings is 1. The van der Waals surface area contributed by atoms with Crippen molar-refractivity contribution in [1.29, 1.82) is 0 Å². The molecule has 4 aromatic rings. The molecule has 0 bridgehead atoms. The molecule has 10 heteroatoms. The van der Waals surface area contributed by atoms with E-state index in [4.69, 9.17) is 24.7 Å². The zero-order valence-electron chi connectivity index (χ0n) is 18.6. The predicted molar refractivity (Wildman–Crippen MR) is 125 cm³/mol. The molecule has 1 unspecified atom stereocenters. The van der Waals surface area contributed by atoms with Gasteiger partial charge in [-0.15, -0.1) is 0 Å². The third-order valence-electron chi connectivity index (χ3n) is 5.33. The summed E-state index contributed by atoms with van der Waals surface area (Å²) in [6.07, 6.45) is 6.98. The summed E-state index contributed by atoms with van der Waals surface area (Å²) in [5.74, 6) is 2.61. The van der Waals surface area contributed by atoms with Gasteiger partial charge < -0.3 is 29.7 Å². The normalized spacial score (nSPS) is 15.3. The number of H-pyrrole nitrogens is 1. The Bertz CT molecular complexity index is 1260. The van der Waals surface area contributed by atoms with Gasteiger partial charge in [-0.3, -0.25) is 4.98 Å². The van der Waals surface area contributed by atoms with Gasteiger partial charge >= 0.3 is 0 Å². The fourth-order valence-electron chi connectivity index (χ4n) is 3.63. The minimum atomic E-state index is -0.00904. The van der Waals surface area contributed by atoms with Gasteiger partial charge in [-0.05, 0) is 37.1 Å². The Balaban J connectivity index is 1.52. The summed E-state index contributed by atoms with van der Waals surface area (Å²) in [7, 11) is 1.57. The molecule has 0 amide bonds. The van der Waals surface area contributed by atoms with Crippen LogP contribution in [0.3, 0.4) is 0 Å². The van der Waals surface area contributed by atoms with E-state index in [0.29, 0.717) is 41.0 Å². The lowest BCUT2D eigenvalue weighted by atomic mass is 10.2. The number of nitrogen functional groups attached to an aromatic ring is 1. The SMILES string of the molecule is COc1ccccc1Oc1c(N)nc(-c2ccnc(-c3ncc[nH]3)c2)nc1OCC1CCCO1. The van der Waals surface area contributed by atoms with Gasteiger partial charge in [0.1, 0.15) is 12.3 Å². The highest BCUT2D eigenvalue weighted by atomic mass is 16.6. The third kappa shape index (κ3) is 4.62. The number of nitrogens with two attached hydrogens (primary N) is 1. The van der Waals surface area contributed by atoms with Crippen LogP contribution in [0.5, 0.6) is 23.1 Å². The molecule has 1 fully saturated rings. The molecular weight excluding hydrogens is 436 g/mol. The zero-order valence-corrected chi connectivity index (χ0v) is 18.6. The Morgan fingerprint density at radius 1 is 1.12 bits per heavy atom. The number of methoxy groups -OCH3 is 1. The van der Waals surface area contributed by atoms with Crippen LogP contribution >= 0.6 is 0 Å². The number of ether oxygens (including phenoxy) is 4. The molecular formula is C24H24N6O4. The number of rotatable bonds is 8. The van der Waals surface area contributed by atoms with E-state index in [1.54, 1.807) is 43.9 Å². The van der Waals surface area contributed by atoms with Crippen molar-refractivity contribution in [2.24, 2.45) is 0 Å². The molecule has 174 valence electrons. The summed E-state index contributed by atoms with van der Waals surface area (Å²) < 4.78 is 23.2. The van der Waals surface area contributed by atoms with Crippen molar-refractivity contribution in [3.63, 3.8) is 0 Å². The van der Waals surface area contributed by atoms with Gasteiger partial charge in [0.15, 0.2) is 29.0 Å². The Kier molecular flexibility index (Phi) is 6.21. The monoisotopic (exact) mass is 460 g/mol. The number of benzene rings is 1. The number of imidazole rings is 1. The lowest BCUT2D eigenvalue weighted by molar-refractivity contribution is 0.0654. The molecule has 3 N–H and O–H groups in total. The van der Waals surface area contributed by atoms with Crippen LogP contribution in [-0.2, 0) is 4.74 Å². The van der Waals surface area contributed by atoms with Crippen LogP contribution in [0, 0.1) is 0 Å². The number of nitrogens with one attached hydrogen (secondary N) is 1. The molecule has 34 heavy (non-hydrogen) atoms. The summed E-state index contributed by atoms with van der Waals surface area (Å²) in [4.78, 5) is 20.8. The van der Waals surface area contributed by atoms with Crippen molar-refractivity contribution in [3.8, 4) is 46.0 Å². The van der Waals surface area contributed by atoms with Crippen LogP contribution in [0.4, 0.5) is 5.82 Å². The standard InChI is InChI=1S/C24H24N6O4/c1-31-18-6-2-3-7-19(18)34-20-21(25)29-22(30-24(20)33-14-16-5-4-12-32-16)15-8-9-26-17(13-15)23-27-10-11-28-23/h2-3,6-11,13,16H,4-5,12,14H2,1H3,(H,27,28)(H2,25,29,30). The molecule has 4 heterocycles. The quantitative estimate of drug-likeness (QED) is 0.402. The van der Waals surface area contributed by atoms with Crippen molar-refractivity contribution in [3.05, 3.63) is 55.0 Å². The maximum Gasteiger partial charge on any atom is 0.263 e. The summed E-state index contributed by atoms with van der Waals surface area (Å²) in [5, 5.41) is 0. The minimum absolute atomic E-state index is 0.00904. The van der Waals surface area contributed by atoms with Gasteiger partial charge in [-0.2, -0.15) is 4.98 Å². The van der Waals surface area contributed by atoms with Gasteiger partial charge in [0.25, 0.3) is 5.88 Å². The molecule has 1 saturated heterocycles. The van der Waals surface area contributed by atoms with E-state index in [9.17, 15) is 0 Å². The smallest absolute Gasteiger partial charge is 0.263 e. The van der Waals surface area contributed by atoms with Crippen LogP contribution in [0.25, 0.3) is 22.9 Å². The Morgan fingerprint density at radius 3 is 2.76 bits per heavy atom. The molecule has 1 aliphatic heterocycles. The number of nitrogens with zero attached hydrogens (tertiary/aromatic N) is 4. The number of hydrogen-bond donors (Lipinski definition) is 2. The van der Waals surface area contributed by atoms with Gasteiger partial charge in [0.2, 0.25) is 5.75 Å². The van der Waals surface area contributed by atoms with Crippen LogP contribution in [0.15, 0.2) is 55.0 Å². The van der Waals surface area contributed by atoms with Crippen molar-refractivity contribution in [1.82, 2.24) is 24.9 Å². The van der Waals surface area contributed by atoms with Crippen LogP contribution in [-0.4, -0.2) is 51.3 Å². The number of hydrogen-bond acceptors (Lipinski definition) is 9. The van der Waals surface area contributed by atoms with E-state index in [1.807, 2.05) is 18.2 Å². The number of anilines is 1. The van der Waals surface area contributed by atoms with Crippen LogP contribution in [0.1, 0.15) is 12.8 Å². The minimum Gasteiger partial charge on any atom is -0.493 e. The first-order valence-electron chi connectivity index (χ1n) is 10.9. The van der Waals surface area contributed by atoms with Crippen LogP contribution in [0.2, 0.25) is 0 Å². The molecule has 5 rings (SSSR count). The van der Waals surface area contributed by atoms with E-state index in [2.05, 4.69) is 24.9 Å². The molecule has 0 saturated carbocycles.